The molecule has 0 unspecified atom stereocenters. The van der Waals surface area contributed by atoms with Crippen LogP contribution in [0.4, 0.5) is 0 Å². The zero-order valence-electron chi connectivity index (χ0n) is 18.2. The van der Waals surface area contributed by atoms with Gasteiger partial charge >= 0.3 is 0 Å². The summed E-state index contributed by atoms with van der Waals surface area (Å²) < 4.78 is 0. The third-order valence-electron chi connectivity index (χ3n) is 6.17. The Bertz CT molecular complexity index is 672. The molecule has 0 radical (unpaired) electrons. The van der Waals surface area contributed by atoms with Gasteiger partial charge in [-0.3, -0.25) is 14.4 Å². The molecule has 0 aromatic heterocycles. The van der Waals surface area contributed by atoms with Crippen molar-refractivity contribution >= 4 is 18.1 Å². The van der Waals surface area contributed by atoms with Gasteiger partial charge < -0.3 is 9.80 Å². The van der Waals surface area contributed by atoms with Crippen molar-refractivity contribution < 1.29 is 14.4 Å². The van der Waals surface area contributed by atoms with Crippen LogP contribution in [0.1, 0.15) is 71.3 Å². The van der Waals surface area contributed by atoms with Gasteiger partial charge in [0.15, 0.2) is 0 Å². The SMILES string of the molecule is CCC(C)(C)C(=O)C(=O)N1CCCC[C@H]1N(C=O)CCCCCc1ccccc1. The summed E-state index contributed by atoms with van der Waals surface area (Å²) >= 11 is 0. The predicted octanol–water partition coefficient (Wildman–Crippen LogP) is 4.20. The Labute approximate surface area is 175 Å². The summed E-state index contributed by atoms with van der Waals surface area (Å²) in [5, 5.41) is 0. The van der Waals surface area contributed by atoms with Gasteiger partial charge in [-0.05, 0) is 50.5 Å². The smallest absolute Gasteiger partial charge is 0.292 e. The first-order valence-corrected chi connectivity index (χ1v) is 11.0. The first-order valence-electron chi connectivity index (χ1n) is 11.0. The minimum Gasteiger partial charge on any atom is -0.325 e. The van der Waals surface area contributed by atoms with Gasteiger partial charge in [0.25, 0.3) is 5.91 Å². The number of piperidine rings is 1. The van der Waals surface area contributed by atoms with E-state index in [1.165, 1.54) is 5.56 Å². The number of hydrogen-bond donors (Lipinski definition) is 0. The van der Waals surface area contributed by atoms with E-state index in [9.17, 15) is 14.4 Å². The molecule has 2 amide bonds. The van der Waals surface area contributed by atoms with Crippen molar-refractivity contribution in [3.05, 3.63) is 35.9 Å². The molecule has 0 N–H and O–H groups in total. The second-order valence-corrected chi connectivity index (χ2v) is 8.68. The lowest BCUT2D eigenvalue weighted by Crippen LogP contribution is -2.56. The summed E-state index contributed by atoms with van der Waals surface area (Å²) in [6.07, 6.45) is 7.82. The third-order valence-corrected chi connectivity index (χ3v) is 6.17. The number of ketones is 1. The number of benzene rings is 1. The molecule has 1 atom stereocenters. The van der Waals surface area contributed by atoms with Crippen LogP contribution in [0.25, 0.3) is 0 Å². The van der Waals surface area contributed by atoms with E-state index in [4.69, 9.17) is 0 Å². The second-order valence-electron chi connectivity index (χ2n) is 8.68. The third kappa shape index (κ3) is 6.41. The number of rotatable bonds is 11. The van der Waals surface area contributed by atoms with Gasteiger partial charge in [-0.15, -0.1) is 0 Å². The van der Waals surface area contributed by atoms with Crippen LogP contribution < -0.4 is 0 Å². The highest BCUT2D eigenvalue weighted by atomic mass is 16.2. The van der Waals surface area contributed by atoms with Gasteiger partial charge in [0.2, 0.25) is 12.2 Å². The Hall–Kier alpha value is -2.17. The molecule has 0 aliphatic carbocycles. The molecule has 1 saturated heterocycles. The molecule has 160 valence electrons. The lowest BCUT2D eigenvalue weighted by Gasteiger charge is -2.41. The molecule has 0 spiro atoms. The van der Waals surface area contributed by atoms with E-state index in [-0.39, 0.29) is 11.9 Å². The maximum atomic E-state index is 12.9. The number of amides is 2. The fraction of sp³-hybridized carbons (Fsp3) is 0.625. The van der Waals surface area contributed by atoms with Gasteiger partial charge in [0.1, 0.15) is 6.17 Å². The number of Topliss-reactive ketones (excluding diaryl/α,β-unsaturated/α-hetero) is 1. The number of hydrogen-bond acceptors (Lipinski definition) is 3. The number of nitrogens with zero attached hydrogens (tertiary/aromatic N) is 2. The Morgan fingerprint density at radius 3 is 2.52 bits per heavy atom. The van der Waals surface area contributed by atoms with Crippen LogP contribution in [-0.2, 0) is 20.8 Å². The highest BCUT2D eigenvalue weighted by Crippen LogP contribution is 2.26. The van der Waals surface area contributed by atoms with Crippen molar-refractivity contribution in [2.45, 2.75) is 78.3 Å². The van der Waals surface area contributed by atoms with Gasteiger partial charge in [-0.25, -0.2) is 0 Å². The molecule has 5 heteroatoms. The summed E-state index contributed by atoms with van der Waals surface area (Å²) in [5.74, 6) is -0.780. The van der Waals surface area contributed by atoms with Crippen LogP contribution in [0, 0.1) is 5.41 Å². The number of aryl methyl sites for hydroxylation is 1. The van der Waals surface area contributed by atoms with E-state index in [1.54, 1.807) is 9.80 Å². The van der Waals surface area contributed by atoms with Crippen LogP contribution in [0.3, 0.4) is 0 Å². The average molecular weight is 401 g/mol. The van der Waals surface area contributed by atoms with Gasteiger partial charge in [0, 0.05) is 18.5 Å². The van der Waals surface area contributed by atoms with Crippen molar-refractivity contribution in [3.8, 4) is 0 Å². The molecule has 1 aromatic carbocycles. The maximum absolute atomic E-state index is 12.9. The standard InChI is InChI=1S/C24H36N2O3/c1-4-24(2,3)22(28)23(29)26-18-12-10-16-21(26)25(19-27)17-11-6-9-15-20-13-7-5-8-14-20/h5,7-8,13-14,19,21H,4,6,9-12,15-18H2,1-3H3/t21-/m0/s1. The van der Waals surface area contributed by atoms with Crippen LogP contribution in [0.5, 0.6) is 0 Å². The topological polar surface area (TPSA) is 57.7 Å². The Morgan fingerprint density at radius 2 is 1.86 bits per heavy atom. The molecule has 2 rings (SSSR count). The largest absolute Gasteiger partial charge is 0.325 e. The summed E-state index contributed by atoms with van der Waals surface area (Å²) in [6, 6.07) is 10.4. The van der Waals surface area contributed by atoms with E-state index >= 15 is 0 Å². The normalized spacial score (nSPS) is 17.1. The van der Waals surface area contributed by atoms with E-state index in [1.807, 2.05) is 26.8 Å². The van der Waals surface area contributed by atoms with Crippen molar-refractivity contribution in [1.82, 2.24) is 9.80 Å². The molecule has 5 nitrogen and oxygen atoms in total. The highest BCUT2D eigenvalue weighted by molar-refractivity contribution is 6.38. The first kappa shape index (κ1) is 23.1. The Morgan fingerprint density at radius 1 is 1.14 bits per heavy atom. The van der Waals surface area contributed by atoms with E-state index in [0.29, 0.717) is 19.5 Å². The Balaban J connectivity index is 1.90. The minimum absolute atomic E-state index is 0.292. The van der Waals surface area contributed by atoms with E-state index in [2.05, 4.69) is 24.3 Å². The van der Waals surface area contributed by atoms with E-state index < -0.39 is 11.3 Å². The Kier molecular flexibility index (Phi) is 8.87. The quantitative estimate of drug-likeness (QED) is 0.318. The highest BCUT2D eigenvalue weighted by Gasteiger charge is 2.39. The van der Waals surface area contributed by atoms with Crippen LogP contribution in [-0.4, -0.2) is 47.2 Å². The maximum Gasteiger partial charge on any atom is 0.292 e. The van der Waals surface area contributed by atoms with Crippen LogP contribution in [0.2, 0.25) is 0 Å². The van der Waals surface area contributed by atoms with E-state index in [0.717, 1.165) is 51.4 Å². The van der Waals surface area contributed by atoms with Crippen molar-refractivity contribution in [2.75, 3.05) is 13.1 Å². The molecule has 1 heterocycles. The monoisotopic (exact) mass is 400 g/mol. The zero-order valence-corrected chi connectivity index (χ0v) is 18.2. The van der Waals surface area contributed by atoms with Crippen molar-refractivity contribution in [1.29, 1.82) is 0 Å². The van der Waals surface area contributed by atoms with Crippen LogP contribution >= 0.6 is 0 Å². The van der Waals surface area contributed by atoms with Gasteiger partial charge in [0.05, 0.1) is 0 Å². The van der Waals surface area contributed by atoms with Crippen molar-refractivity contribution in [3.63, 3.8) is 0 Å². The minimum atomic E-state index is -0.664. The summed E-state index contributed by atoms with van der Waals surface area (Å²) in [6.45, 7) is 6.73. The fourth-order valence-corrected chi connectivity index (χ4v) is 3.79. The van der Waals surface area contributed by atoms with Gasteiger partial charge in [-0.1, -0.05) is 57.5 Å². The summed E-state index contributed by atoms with van der Waals surface area (Å²) in [4.78, 5) is 40.7. The average Bonchev–Trinajstić information content (AvgIpc) is 2.76. The number of likely N-dealkylation sites (tertiary alicyclic amines) is 1. The first-order chi connectivity index (χ1) is 13.9. The second kappa shape index (κ2) is 11.1. The van der Waals surface area contributed by atoms with Crippen LogP contribution in [0.15, 0.2) is 30.3 Å². The van der Waals surface area contributed by atoms with Gasteiger partial charge in [-0.2, -0.15) is 0 Å². The zero-order chi connectivity index (χ0) is 21.3. The molecule has 29 heavy (non-hydrogen) atoms. The summed E-state index contributed by atoms with van der Waals surface area (Å²) in [5.41, 5.74) is 0.670. The fourth-order valence-electron chi connectivity index (χ4n) is 3.79. The molecule has 1 aliphatic rings. The molecule has 1 aromatic rings. The molecule has 1 aliphatic heterocycles. The molecule has 0 saturated carbocycles. The number of carbonyl (C=O) groups excluding carboxylic acids is 3. The molecule has 1 fully saturated rings. The molecule has 0 bridgehead atoms. The number of unbranched alkanes of at least 4 members (excludes halogenated alkanes) is 2. The predicted molar refractivity (Wildman–Crippen MR) is 115 cm³/mol. The molecular formula is C24H36N2O3. The lowest BCUT2D eigenvalue weighted by molar-refractivity contribution is -0.156. The number of carbonyl (C=O) groups is 3. The van der Waals surface area contributed by atoms with Crippen molar-refractivity contribution in [2.24, 2.45) is 5.41 Å². The summed E-state index contributed by atoms with van der Waals surface area (Å²) in [7, 11) is 0. The molecular weight excluding hydrogens is 364 g/mol. The lowest BCUT2D eigenvalue weighted by atomic mass is 9.84.